The van der Waals surface area contributed by atoms with Gasteiger partial charge in [0.15, 0.2) is 0 Å². The third-order valence-corrected chi connectivity index (χ3v) is 5.56. The maximum atomic E-state index is 13.0. The van der Waals surface area contributed by atoms with Gasteiger partial charge in [-0.25, -0.2) is 4.79 Å². The van der Waals surface area contributed by atoms with Gasteiger partial charge in [0, 0.05) is 24.7 Å². The second-order valence-corrected chi connectivity index (χ2v) is 7.96. The van der Waals surface area contributed by atoms with Gasteiger partial charge in [0.25, 0.3) is 5.69 Å². The van der Waals surface area contributed by atoms with Gasteiger partial charge in [-0.05, 0) is 34.4 Å². The number of H-pyrrole nitrogens is 1. The number of benzene rings is 3. The number of nitrogens with one attached hydrogen (secondary N) is 2. The van der Waals surface area contributed by atoms with E-state index in [0.717, 1.165) is 35.1 Å². The number of carbonyl (C=O) groups is 1. The predicted molar refractivity (Wildman–Crippen MR) is 132 cm³/mol. The lowest BCUT2D eigenvalue weighted by Crippen LogP contribution is -2.35. The lowest BCUT2D eigenvalue weighted by Gasteiger charge is -2.23. The fraction of sp³-hybridized carbons (Fsp3) is 0.200. The fourth-order valence-electron chi connectivity index (χ4n) is 3.75. The van der Waals surface area contributed by atoms with Crippen molar-refractivity contribution < 1.29 is 9.72 Å². The number of hydrogen-bond donors (Lipinski definition) is 2. The van der Waals surface area contributed by atoms with Crippen LogP contribution in [0.15, 0.2) is 72.8 Å². The molecule has 0 spiro atoms. The van der Waals surface area contributed by atoms with E-state index in [2.05, 4.69) is 25.9 Å². The minimum Gasteiger partial charge on any atom is -0.320 e. The van der Waals surface area contributed by atoms with Crippen LogP contribution in [0.3, 0.4) is 0 Å². The number of nitrogens with zero attached hydrogens (tertiary/aromatic N) is 5. The van der Waals surface area contributed by atoms with Gasteiger partial charge >= 0.3 is 6.03 Å². The van der Waals surface area contributed by atoms with Crippen LogP contribution >= 0.6 is 0 Å². The second-order valence-electron chi connectivity index (χ2n) is 7.96. The van der Waals surface area contributed by atoms with Gasteiger partial charge in [-0.15, -0.1) is 10.2 Å². The Bertz CT molecular complexity index is 1290. The summed E-state index contributed by atoms with van der Waals surface area (Å²) in [5.74, 6) is 0.516. The van der Waals surface area contributed by atoms with Crippen LogP contribution in [0.2, 0.25) is 0 Å². The Morgan fingerprint density at radius 3 is 2.43 bits per heavy atom. The van der Waals surface area contributed by atoms with E-state index in [-0.39, 0.29) is 17.4 Å². The molecule has 0 unspecified atom stereocenters. The van der Waals surface area contributed by atoms with Crippen molar-refractivity contribution in [1.29, 1.82) is 0 Å². The zero-order valence-corrected chi connectivity index (χ0v) is 19.2. The monoisotopic (exact) mass is 471 g/mol. The molecular formula is C25H25N7O3. The summed E-state index contributed by atoms with van der Waals surface area (Å²) in [5, 5.41) is 28.3. The highest BCUT2D eigenvalue weighted by Gasteiger charge is 2.19. The molecule has 10 nitrogen and oxygen atoms in total. The minimum absolute atomic E-state index is 0.138. The molecule has 2 N–H and O–H groups in total. The fourth-order valence-corrected chi connectivity index (χ4v) is 3.75. The van der Waals surface area contributed by atoms with Crippen molar-refractivity contribution in [2.75, 3.05) is 11.9 Å². The molecule has 1 aromatic heterocycles. The Balaban J connectivity index is 1.53. The number of unbranched alkanes of at least 4 members (excludes halogenated alkanes) is 1. The maximum absolute atomic E-state index is 13.0. The maximum Gasteiger partial charge on any atom is 0.322 e. The molecule has 35 heavy (non-hydrogen) atoms. The summed E-state index contributed by atoms with van der Waals surface area (Å²) in [5.41, 5.74) is 3.80. The number of aromatic nitrogens is 4. The number of anilines is 1. The number of para-hydroxylation sites is 2. The molecule has 178 valence electrons. The van der Waals surface area contributed by atoms with E-state index < -0.39 is 4.92 Å². The van der Waals surface area contributed by atoms with E-state index in [9.17, 15) is 14.9 Å². The number of rotatable bonds is 9. The Labute approximate surface area is 202 Å². The number of urea groups is 1. The summed E-state index contributed by atoms with van der Waals surface area (Å²) >= 11 is 0. The third kappa shape index (κ3) is 5.67. The average Bonchev–Trinajstić information content (AvgIpc) is 3.42. The zero-order chi connectivity index (χ0) is 24.6. The van der Waals surface area contributed by atoms with Crippen molar-refractivity contribution in [2.24, 2.45) is 0 Å². The SMILES string of the molecule is CCCCN(Cc1ccc(-c2ccccc2-c2nn[nH]n2)cc1)C(=O)Nc1ccccc1[N+](=O)[O-]. The Kier molecular flexibility index (Phi) is 7.41. The normalized spacial score (nSPS) is 10.7. The molecule has 1 heterocycles. The van der Waals surface area contributed by atoms with Crippen molar-refractivity contribution in [3.8, 4) is 22.5 Å². The Morgan fingerprint density at radius 1 is 1.03 bits per heavy atom. The number of hydrogen-bond acceptors (Lipinski definition) is 6. The van der Waals surface area contributed by atoms with Crippen LogP contribution in [0.5, 0.6) is 0 Å². The van der Waals surface area contributed by atoms with E-state index in [1.165, 1.54) is 12.1 Å². The quantitative estimate of drug-likeness (QED) is 0.252. The number of nitro groups is 1. The van der Waals surface area contributed by atoms with Crippen LogP contribution in [0, 0.1) is 10.1 Å². The van der Waals surface area contributed by atoms with Crippen LogP contribution < -0.4 is 5.32 Å². The molecule has 0 atom stereocenters. The van der Waals surface area contributed by atoms with E-state index >= 15 is 0 Å². The lowest BCUT2D eigenvalue weighted by atomic mass is 9.98. The first kappa shape index (κ1) is 23.6. The largest absolute Gasteiger partial charge is 0.322 e. The van der Waals surface area contributed by atoms with Gasteiger partial charge in [-0.1, -0.05) is 74.0 Å². The van der Waals surface area contributed by atoms with Crippen LogP contribution in [0.1, 0.15) is 25.3 Å². The molecule has 10 heteroatoms. The standard InChI is InChI=1S/C25H25N7O3/c1-2-3-16-31(25(33)26-22-10-6-7-11-23(22)32(34)35)17-18-12-14-19(15-13-18)20-8-4-5-9-21(20)24-27-29-30-28-24/h4-15H,2-3,16-17H2,1H3,(H,26,33)(H,27,28,29,30). The van der Waals surface area contributed by atoms with E-state index in [0.29, 0.717) is 18.9 Å². The number of amides is 2. The Hall–Kier alpha value is -4.60. The van der Waals surface area contributed by atoms with Gasteiger partial charge in [0.2, 0.25) is 5.82 Å². The third-order valence-electron chi connectivity index (χ3n) is 5.56. The van der Waals surface area contributed by atoms with Crippen molar-refractivity contribution in [2.45, 2.75) is 26.3 Å². The van der Waals surface area contributed by atoms with E-state index in [1.54, 1.807) is 17.0 Å². The number of aromatic amines is 1. The second kappa shape index (κ2) is 11.0. The highest BCUT2D eigenvalue weighted by Crippen LogP contribution is 2.30. The molecule has 0 radical (unpaired) electrons. The van der Waals surface area contributed by atoms with Crippen LogP contribution in [-0.2, 0) is 6.54 Å². The van der Waals surface area contributed by atoms with Gasteiger partial charge < -0.3 is 10.2 Å². The summed E-state index contributed by atoms with van der Waals surface area (Å²) < 4.78 is 0. The Morgan fingerprint density at radius 2 is 1.74 bits per heavy atom. The van der Waals surface area contributed by atoms with Crippen molar-refractivity contribution >= 4 is 17.4 Å². The molecule has 0 bridgehead atoms. The average molecular weight is 472 g/mol. The van der Waals surface area contributed by atoms with Crippen LogP contribution in [0.4, 0.5) is 16.2 Å². The lowest BCUT2D eigenvalue weighted by molar-refractivity contribution is -0.383. The van der Waals surface area contributed by atoms with Crippen LogP contribution in [-0.4, -0.2) is 43.0 Å². The van der Waals surface area contributed by atoms with Gasteiger partial charge in [0.05, 0.1) is 4.92 Å². The summed E-state index contributed by atoms with van der Waals surface area (Å²) in [7, 11) is 0. The molecule has 2 amide bonds. The molecule has 4 rings (SSSR count). The predicted octanol–water partition coefficient (Wildman–Crippen LogP) is 5.28. The zero-order valence-electron chi connectivity index (χ0n) is 19.2. The van der Waals surface area contributed by atoms with Gasteiger partial charge in [-0.3, -0.25) is 10.1 Å². The first-order valence-electron chi connectivity index (χ1n) is 11.3. The summed E-state index contributed by atoms with van der Waals surface area (Å²) in [6.07, 6.45) is 1.74. The van der Waals surface area contributed by atoms with Crippen LogP contribution in [0.25, 0.3) is 22.5 Å². The van der Waals surface area contributed by atoms with Gasteiger partial charge in [-0.2, -0.15) is 5.21 Å². The number of carbonyl (C=O) groups excluding carboxylic acids is 1. The highest BCUT2D eigenvalue weighted by atomic mass is 16.6. The molecule has 0 saturated heterocycles. The molecule has 0 aliphatic rings. The van der Waals surface area contributed by atoms with Gasteiger partial charge in [0.1, 0.15) is 5.69 Å². The molecule has 0 aliphatic carbocycles. The van der Waals surface area contributed by atoms with E-state index in [1.807, 2.05) is 55.5 Å². The number of nitro benzene ring substituents is 1. The molecule has 3 aromatic carbocycles. The van der Waals surface area contributed by atoms with Crippen molar-refractivity contribution in [3.63, 3.8) is 0 Å². The highest BCUT2D eigenvalue weighted by molar-refractivity contribution is 5.91. The topological polar surface area (TPSA) is 130 Å². The summed E-state index contributed by atoms with van der Waals surface area (Å²) in [4.78, 5) is 25.5. The molecule has 0 aliphatic heterocycles. The first-order chi connectivity index (χ1) is 17.1. The molecule has 4 aromatic rings. The number of tetrazole rings is 1. The molecule has 0 fully saturated rings. The molecular weight excluding hydrogens is 446 g/mol. The first-order valence-corrected chi connectivity index (χ1v) is 11.3. The minimum atomic E-state index is -0.503. The summed E-state index contributed by atoms with van der Waals surface area (Å²) in [6, 6.07) is 21.5. The van der Waals surface area contributed by atoms with Crippen molar-refractivity contribution in [1.82, 2.24) is 25.5 Å². The summed E-state index contributed by atoms with van der Waals surface area (Å²) in [6.45, 7) is 2.96. The van der Waals surface area contributed by atoms with E-state index in [4.69, 9.17) is 0 Å². The smallest absolute Gasteiger partial charge is 0.320 e. The van der Waals surface area contributed by atoms with Crippen molar-refractivity contribution in [3.05, 3.63) is 88.5 Å². The molecule has 0 saturated carbocycles.